The van der Waals surface area contributed by atoms with Gasteiger partial charge >= 0.3 is 0 Å². The van der Waals surface area contributed by atoms with E-state index < -0.39 is 0 Å². The highest BCUT2D eigenvalue weighted by Gasteiger charge is 2.18. The van der Waals surface area contributed by atoms with Crippen LogP contribution in [0.5, 0.6) is 5.75 Å². The summed E-state index contributed by atoms with van der Waals surface area (Å²) in [6.07, 6.45) is 0.846. The molecular formula is C23H24N4O2S. The highest BCUT2D eigenvalue weighted by Crippen LogP contribution is 2.33. The number of nitrogens with zero attached hydrogens (tertiary/aromatic N) is 3. The molecule has 1 N–H and O–H groups in total. The smallest absolute Gasteiger partial charge is 0.262 e. The minimum Gasteiger partial charge on any atom is -0.482 e. The fourth-order valence-electron chi connectivity index (χ4n) is 3.23. The maximum absolute atomic E-state index is 11.7. The molecule has 3 aromatic rings. The second-order valence-corrected chi connectivity index (χ2v) is 8.14. The molecule has 1 aliphatic heterocycles. The third-order valence-electron chi connectivity index (χ3n) is 5.02. The lowest BCUT2D eigenvalue weighted by atomic mass is 10.1. The molecule has 7 heteroatoms. The van der Waals surface area contributed by atoms with E-state index in [-0.39, 0.29) is 12.5 Å². The normalized spacial score (nSPS) is 14.3. The summed E-state index contributed by atoms with van der Waals surface area (Å²) in [7, 11) is 0. The van der Waals surface area contributed by atoms with Gasteiger partial charge in [-0.3, -0.25) is 4.79 Å². The van der Waals surface area contributed by atoms with Crippen molar-refractivity contribution in [1.82, 2.24) is 4.68 Å². The van der Waals surface area contributed by atoms with Crippen molar-refractivity contribution in [2.45, 2.75) is 34.1 Å². The first-order chi connectivity index (χ1) is 14.5. The van der Waals surface area contributed by atoms with Gasteiger partial charge in [-0.25, -0.2) is 9.67 Å². The minimum absolute atomic E-state index is 0.0452. The number of nitrogens with one attached hydrogen (secondary N) is 1. The van der Waals surface area contributed by atoms with E-state index in [1.807, 2.05) is 41.2 Å². The van der Waals surface area contributed by atoms with Crippen molar-refractivity contribution in [3.8, 4) is 17.0 Å². The Kier molecular flexibility index (Phi) is 5.55. The van der Waals surface area contributed by atoms with Gasteiger partial charge in [0.1, 0.15) is 5.75 Å². The number of rotatable bonds is 4. The number of ether oxygens (including phenoxy) is 1. The van der Waals surface area contributed by atoms with E-state index in [9.17, 15) is 4.79 Å². The van der Waals surface area contributed by atoms with Crippen LogP contribution in [0.15, 0.2) is 51.9 Å². The Morgan fingerprint density at radius 2 is 2.00 bits per heavy atom. The lowest BCUT2D eigenvalue weighted by Gasteiger charge is -2.18. The summed E-state index contributed by atoms with van der Waals surface area (Å²) in [5.41, 5.74) is 6.75. The first-order valence-corrected chi connectivity index (χ1v) is 10.8. The second kappa shape index (κ2) is 8.28. The molecule has 1 aliphatic rings. The number of para-hydroxylation sites is 1. The van der Waals surface area contributed by atoms with Gasteiger partial charge in [-0.2, -0.15) is 5.10 Å². The fraction of sp³-hybridized carbons (Fsp3) is 0.261. The van der Waals surface area contributed by atoms with Gasteiger partial charge in [-0.15, -0.1) is 11.3 Å². The molecule has 0 saturated heterocycles. The van der Waals surface area contributed by atoms with Crippen molar-refractivity contribution in [3.63, 3.8) is 0 Å². The predicted octanol–water partition coefficient (Wildman–Crippen LogP) is 5.03. The number of benzene rings is 2. The Balaban J connectivity index is 1.89. The monoisotopic (exact) mass is 420 g/mol. The number of hydrogen-bond donors (Lipinski definition) is 1. The number of carbonyl (C=O) groups excluding carboxylic acids is 1. The number of hydrogen-bond acceptors (Lipinski definition) is 5. The number of carbonyl (C=O) groups is 1. The molecule has 0 fully saturated rings. The van der Waals surface area contributed by atoms with E-state index in [0.29, 0.717) is 11.4 Å². The van der Waals surface area contributed by atoms with Crippen molar-refractivity contribution in [1.29, 1.82) is 0 Å². The largest absolute Gasteiger partial charge is 0.482 e. The number of fused-ring (bicyclic) bond motifs is 1. The Morgan fingerprint density at radius 3 is 2.73 bits per heavy atom. The van der Waals surface area contributed by atoms with Crippen LogP contribution in [-0.4, -0.2) is 22.9 Å². The lowest BCUT2D eigenvalue weighted by Crippen LogP contribution is -2.25. The first-order valence-electron chi connectivity index (χ1n) is 9.89. The Hall–Kier alpha value is -3.19. The molecule has 2 heterocycles. The Morgan fingerprint density at radius 1 is 1.23 bits per heavy atom. The molecule has 0 spiro atoms. The van der Waals surface area contributed by atoms with Crippen molar-refractivity contribution in [2.75, 3.05) is 11.9 Å². The number of anilines is 1. The second-order valence-electron chi connectivity index (χ2n) is 7.30. The third kappa shape index (κ3) is 3.93. The molecule has 1 amide bonds. The maximum atomic E-state index is 11.7. The van der Waals surface area contributed by atoms with Crippen LogP contribution < -0.4 is 14.9 Å². The Bertz CT molecular complexity index is 1200. The SMILES string of the molecule is CCC(C)=Nn1c(-c2ccc3c(c2)NC(=O)CO3)csc1=Nc1c(C)cccc1C. The van der Waals surface area contributed by atoms with E-state index >= 15 is 0 Å². The van der Waals surface area contributed by atoms with Gasteiger partial charge in [0.25, 0.3) is 5.91 Å². The number of thiazole rings is 1. The number of amides is 1. The van der Waals surface area contributed by atoms with E-state index in [2.05, 4.69) is 38.2 Å². The van der Waals surface area contributed by atoms with Crippen molar-refractivity contribution >= 4 is 34.3 Å². The van der Waals surface area contributed by atoms with Crippen molar-refractivity contribution in [2.24, 2.45) is 10.1 Å². The predicted molar refractivity (Wildman–Crippen MR) is 122 cm³/mol. The fourth-order valence-corrected chi connectivity index (χ4v) is 4.07. The molecule has 0 saturated carbocycles. The minimum atomic E-state index is -0.150. The number of aryl methyl sites for hydroxylation is 2. The molecule has 0 radical (unpaired) electrons. The van der Waals surface area contributed by atoms with Crippen LogP contribution in [0.3, 0.4) is 0 Å². The quantitative estimate of drug-likeness (QED) is 0.602. The van der Waals surface area contributed by atoms with E-state index in [4.69, 9.17) is 14.8 Å². The first kappa shape index (κ1) is 20.1. The van der Waals surface area contributed by atoms with Gasteiger partial charge < -0.3 is 10.1 Å². The van der Waals surface area contributed by atoms with Crippen LogP contribution in [-0.2, 0) is 4.79 Å². The standard InChI is InChI=1S/C23H24N4O2S/c1-5-16(4)26-27-19(17-9-10-20-18(11-17)24-21(28)12-29-20)13-30-23(27)25-22-14(2)7-6-8-15(22)3/h6-11,13H,5,12H2,1-4H3,(H,24,28). The van der Waals surface area contributed by atoms with Gasteiger partial charge in [0.15, 0.2) is 6.61 Å². The number of aromatic nitrogens is 1. The average Bonchev–Trinajstić information content (AvgIpc) is 3.12. The molecule has 6 nitrogen and oxygen atoms in total. The summed E-state index contributed by atoms with van der Waals surface area (Å²) in [6.45, 7) is 8.27. The summed E-state index contributed by atoms with van der Waals surface area (Å²) in [4.78, 5) is 17.5. The molecule has 1 aromatic heterocycles. The zero-order valence-electron chi connectivity index (χ0n) is 17.5. The van der Waals surface area contributed by atoms with Crippen LogP contribution in [0.25, 0.3) is 11.3 Å². The van der Waals surface area contributed by atoms with Gasteiger partial charge in [0.05, 0.1) is 17.1 Å². The molecule has 154 valence electrons. The van der Waals surface area contributed by atoms with E-state index in [1.54, 1.807) is 11.3 Å². The Labute approximate surface area is 179 Å². The van der Waals surface area contributed by atoms with E-state index in [0.717, 1.165) is 45.0 Å². The van der Waals surface area contributed by atoms with Crippen molar-refractivity contribution < 1.29 is 9.53 Å². The van der Waals surface area contributed by atoms with Gasteiger partial charge in [-0.05, 0) is 56.5 Å². The van der Waals surface area contributed by atoms with Gasteiger partial charge in [0.2, 0.25) is 4.80 Å². The molecular weight excluding hydrogens is 396 g/mol. The summed E-state index contributed by atoms with van der Waals surface area (Å²) >= 11 is 1.54. The highest BCUT2D eigenvalue weighted by atomic mass is 32.1. The molecule has 0 atom stereocenters. The topological polar surface area (TPSA) is 68.0 Å². The van der Waals surface area contributed by atoms with Crippen LogP contribution in [0, 0.1) is 13.8 Å². The molecule has 2 aromatic carbocycles. The maximum Gasteiger partial charge on any atom is 0.262 e. The van der Waals surface area contributed by atoms with Crippen LogP contribution in [0.4, 0.5) is 11.4 Å². The molecule has 0 unspecified atom stereocenters. The van der Waals surface area contributed by atoms with Gasteiger partial charge in [-0.1, -0.05) is 25.1 Å². The molecule has 0 aliphatic carbocycles. The van der Waals surface area contributed by atoms with Gasteiger partial charge in [0, 0.05) is 16.7 Å². The van der Waals surface area contributed by atoms with Crippen LogP contribution in [0.1, 0.15) is 31.4 Å². The zero-order valence-corrected chi connectivity index (χ0v) is 18.3. The molecule has 0 bridgehead atoms. The lowest BCUT2D eigenvalue weighted by molar-refractivity contribution is -0.118. The molecule has 30 heavy (non-hydrogen) atoms. The van der Waals surface area contributed by atoms with Crippen LogP contribution >= 0.6 is 11.3 Å². The van der Waals surface area contributed by atoms with Crippen LogP contribution in [0.2, 0.25) is 0 Å². The summed E-state index contributed by atoms with van der Waals surface area (Å²) < 4.78 is 7.38. The third-order valence-corrected chi connectivity index (χ3v) is 5.84. The summed E-state index contributed by atoms with van der Waals surface area (Å²) in [6, 6.07) is 12.0. The summed E-state index contributed by atoms with van der Waals surface area (Å²) in [5.74, 6) is 0.525. The highest BCUT2D eigenvalue weighted by molar-refractivity contribution is 7.07. The van der Waals surface area contributed by atoms with E-state index in [1.165, 1.54) is 0 Å². The zero-order chi connectivity index (χ0) is 21.3. The summed E-state index contributed by atoms with van der Waals surface area (Å²) in [5, 5.41) is 9.75. The average molecular weight is 421 g/mol. The van der Waals surface area contributed by atoms with Crippen molar-refractivity contribution in [3.05, 3.63) is 57.7 Å². The molecule has 4 rings (SSSR count).